The van der Waals surface area contributed by atoms with Crippen LogP contribution < -0.4 is 0 Å². The maximum atomic E-state index is 12.3. The molecule has 0 atom stereocenters. The van der Waals surface area contributed by atoms with Crippen LogP contribution in [0.1, 0.15) is 17.0 Å². The van der Waals surface area contributed by atoms with Crippen LogP contribution in [0.2, 0.25) is 0 Å². The number of benzene rings is 1. The van der Waals surface area contributed by atoms with Gasteiger partial charge in [-0.15, -0.1) is 0 Å². The number of likely N-dealkylation sites (N-methyl/N-ethyl adjacent to an activating group) is 1. The van der Waals surface area contributed by atoms with Crippen LogP contribution in [-0.4, -0.2) is 34.6 Å². The van der Waals surface area contributed by atoms with Gasteiger partial charge in [-0.1, -0.05) is 15.9 Å². The van der Waals surface area contributed by atoms with E-state index >= 15 is 0 Å². The van der Waals surface area contributed by atoms with Crippen molar-refractivity contribution in [3.05, 3.63) is 56.7 Å². The summed E-state index contributed by atoms with van der Waals surface area (Å²) in [4.78, 5) is 18.8. The fourth-order valence-electron chi connectivity index (χ4n) is 2.81. The largest absolute Gasteiger partial charge is 0.318 e. The van der Waals surface area contributed by atoms with E-state index < -0.39 is 0 Å². The minimum absolute atomic E-state index is 0.00551. The topological polar surface area (TPSA) is 37.6 Å². The number of amides is 1. The standard InChI is InChI=1S/C18H18BrN3OS/c1-11-9-13(10-16-17(23)21(4)18(20-3)24-16)12(2)22(11)15-7-5-14(19)6-8-15/h5-10H,1-4H3/b16-10-,20-18?. The number of carbonyl (C=O) groups is 1. The molecular weight excluding hydrogens is 386 g/mol. The van der Waals surface area contributed by atoms with Crippen molar-refractivity contribution in [3.8, 4) is 5.69 Å². The second kappa shape index (κ2) is 6.61. The van der Waals surface area contributed by atoms with Gasteiger partial charge in [-0.2, -0.15) is 0 Å². The van der Waals surface area contributed by atoms with Gasteiger partial charge in [-0.25, -0.2) is 0 Å². The lowest BCUT2D eigenvalue weighted by molar-refractivity contribution is -0.121. The number of hydrogen-bond acceptors (Lipinski definition) is 3. The Bertz CT molecular complexity index is 865. The lowest BCUT2D eigenvalue weighted by Crippen LogP contribution is -2.23. The van der Waals surface area contributed by atoms with Gasteiger partial charge in [0.25, 0.3) is 5.91 Å². The van der Waals surface area contributed by atoms with Crippen molar-refractivity contribution >= 4 is 44.8 Å². The average Bonchev–Trinajstić information content (AvgIpc) is 2.99. The molecule has 1 aliphatic heterocycles. The van der Waals surface area contributed by atoms with E-state index in [1.165, 1.54) is 11.8 Å². The Morgan fingerprint density at radius 3 is 2.46 bits per heavy atom. The number of amidine groups is 1. The van der Waals surface area contributed by atoms with Crippen molar-refractivity contribution < 1.29 is 4.79 Å². The molecule has 0 spiro atoms. The van der Waals surface area contributed by atoms with Crippen LogP contribution in [0, 0.1) is 13.8 Å². The summed E-state index contributed by atoms with van der Waals surface area (Å²) in [5.41, 5.74) is 4.41. The highest BCUT2D eigenvalue weighted by Gasteiger charge is 2.30. The Labute approximate surface area is 154 Å². The molecule has 6 heteroatoms. The monoisotopic (exact) mass is 403 g/mol. The van der Waals surface area contributed by atoms with Crippen LogP contribution in [0.4, 0.5) is 0 Å². The molecule has 2 aromatic rings. The molecule has 0 N–H and O–H groups in total. The third-order valence-corrected chi connectivity index (χ3v) is 5.72. The molecule has 1 saturated heterocycles. The van der Waals surface area contributed by atoms with Gasteiger partial charge in [0.2, 0.25) is 0 Å². The zero-order valence-corrected chi connectivity index (χ0v) is 16.4. The zero-order chi connectivity index (χ0) is 17.4. The van der Waals surface area contributed by atoms with Gasteiger partial charge < -0.3 is 4.57 Å². The van der Waals surface area contributed by atoms with Crippen LogP contribution >= 0.6 is 27.7 Å². The highest BCUT2D eigenvalue weighted by Crippen LogP contribution is 2.33. The number of hydrogen-bond donors (Lipinski definition) is 0. The summed E-state index contributed by atoms with van der Waals surface area (Å²) >= 11 is 4.88. The smallest absolute Gasteiger partial charge is 0.266 e. The van der Waals surface area contributed by atoms with Crippen molar-refractivity contribution in [2.24, 2.45) is 4.99 Å². The molecule has 0 bridgehead atoms. The number of nitrogens with zero attached hydrogens (tertiary/aromatic N) is 3. The third-order valence-electron chi connectivity index (χ3n) is 4.04. The van der Waals surface area contributed by atoms with Crippen LogP contribution in [0.25, 0.3) is 11.8 Å². The molecule has 24 heavy (non-hydrogen) atoms. The molecule has 2 heterocycles. The molecule has 0 unspecified atom stereocenters. The van der Waals surface area contributed by atoms with Gasteiger partial charge in [-0.3, -0.25) is 14.7 Å². The maximum absolute atomic E-state index is 12.3. The van der Waals surface area contributed by atoms with Gasteiger partial charge in [0, 0.05) is 35.6 Å². The van der Waals surface area contributed by atoms with E-state index in [4.69, 9.17) is 0 Å². The molecule has 1 amide bonds. The fraction of sp³-hybridized carbons (Fsp3) is 0.222. The van der Waals surface area contributed by atoms with Gasteiger partial charge in [0.05, 0.1) is 4.91 Å². The molecule has 0 aliphatic carbocycles. The number of aryl methyl sites for hydroxylation is 1. The summed E-state index contributed by atoms with van der Waals surface area (Å²) in [6.45, 7) is 4.15. The Kier molecular flexibility index (Phi) is 4.69. The molecule has 1 fully saturated rings. The second-order valence-electron chi connectivity index (χ2n) is 5.62. The number of carbonyl (C=O) groups excluding carboxylic acids is 1. The quantitative estimate of drug-likeness (QED) is 0.697. The van der Waals surface area contributed by atoms with E-state index in [2.05, 4.69) is 57.5 Å². The lowest BCUT2D eigenvalue weighted by atomic mass is 10.2. The highest BCUT2D eigenvalue weighted by atomic mass is 79.9. The first kappa shape index (κ1) is 17.0. The summed E-state index contributed by atoms with van der Waals surface area (Å²) in [6.07, 6.45) is 1.96. The molecule has 124 valence electrons. The predicted octanol–water partition coefficient (Wildman–Crippen LogP) is 4.39. The van der Waals surface area contributed by atoms with E-state index in [9.17, 15) is 4.79 Å². The number of thioether (sulfide) groups is 1. The SMILES string of the molecule is CN=C1S/C(=C\c2cc(C)n(-c3ccc(Br)cc3)c2C)C(=O)N1C. The molecule has 4 nitrogen and oxygen atoms in total. The first-order valence-electron chi connectivity index (χ1n) is 7.51. The Balaban J connectivity index is 2.03. The summed E-state index contributed by atoms with van der Waals surface area (Å²) in [6, 6.07) is 10.3. The molecule has 1 aromatic heterocycles. The molecular formula is C18H18BrN3OS. The summed E-state index contributed by atoms with van der Waals surface area (Å²) < 4.78 is 3.25. The van der Waals surface area contributed by atoms with Crippen LogP contribution in [0.15, 0.2) is 44.7 Å². The minimum Gasteiger partial charge on any atom is -0.318 e. The van der Waals surface area contributed by atoms with E-state index in [0.29, 0.717) is 4.91 Å². The molecule has 0 radical (unpaired) electrons. The van der Waals surface area contributed by atoms with E-state index in [1.807, 2.05) is 18.2 Å². The Morgan fingerprint density at radius 1 is 1.21 bits per heavy atom. The summed E-state index contributed by atoms with van der Waals surface area (Å²) in [7, 11) is 3.46. The normalized spacial score (nSPS) is 18.2. The first-order valence-corrected chi connectivity index (χ1v) is 9.12. The lowest BCUT2D eigenvalue weighted by Gasteiger charge is -2.09. The Hall–Kier alpha value is -1.79. The van der Waals surface area contributed by atoms with E-state index in [0.717, 1.165) is 32.3 Å². The number of halogens is 1. The van der Waals surface area contributed by atoms with E-state index in [1.54, 1.807) is 19.0 Å². The molecule has 1 aromatic carbocycles. The van der Waals surface area contributed by atoms with Gasteiger partial charge in [0.15, 0.2) is 5.17 Å². The summed E-state index contributed by atoms with van der Waals surface area (Å²) in [5, 5.41) is 0.730. The number of rotatable bonds is 2. The third kappa shape index (κ3) is 2.96. The molecule has 0 saturated carbocycles. The first-order chi connectivity index (χ1) is 11.4. The van der Waals surface area contributed by atoms with Crippen LogP contribution in [0.3, 0.4) is 0 Å². The number of aliphatic imine (C=N–C) groups is 1. The van der Waals surface area contributed by atoms with Gasteiger partial charge in [0.1, 0.15) is 0 Å². The zero-order valence-electron chi connectivity index (χ0n) is 14.0. The summed E-state index contributed by atoms with van der Waals surface area (Å²) in [5.74, 6) is -0.00551. The maximum Gasteiger partial charge on any atom is 0.266 e. The molecule has 3 rings (SSSR count). The van der Waals surface area contributed by atoms with Crippen molar-refractivity contribution in [2.75, 3.05) is 14.1 Å². The fourth-order valence-corrected chi connectivity index (χ4v) is 3.99. The van der Waals surface area contributed by atoms with Crippen LogP contribution in [0.5, 0.6) is 0 Å². The Morgan fingerprint density at radius 2 is 1.88 bits per heavy atom. The van der Waals surface area contributed by atoms with E-state index in [-0.39, 0.29) is 5.91 Å². The van der Waals surface area contributed by atoms with Gasteiger partial charge >= 0.3 is 0 Å². The molecule has 1 aliphatic rings. The van der Waals surface area contributed by atoms with Crippen molar-refractivity contribution in [2.45, 2.75) is 13.8 Å². The van der Waals surface area contributed by atoms with Crippen molar-refractivity contribution in [1.82, 2.24) is 9.47 Å². The predicted molar refractivity (Wildman–Crippen MR) is 105 cm³/mol. The minimum atomic E-state index is -0.00551. The average molecular weight is 404 g/mol. The van der Waals surface area contributed by atoms with Crippen molar-refractivity contribution in [1.29, 1.82) is 0 Å². The van der Waals surface area contributed by atoms with Crippen LogP contribution in [-0.2, 0) is 4.79 Å². The van der Waals surface area contributed by atoms with Gasteiger partial charge in [-0.05, 0) is 67.6 Å². The number of aromatic nitrogens is 1. The second-order valence-corrected chi connectivity index (χ2v) is 7.54. The van der Waals surface area contributed by atoms with Crippen molar-refractivity contribution in [3.63, 3.8) is 0 Å². The highest BCUT2D eigenvalue weighted by molar-refractivity contribution is 9.10.